The van der Waals surface area contributed by atoms with Crippen molar-refractivity contribution in [3.63, 3.8) is 0 Å². The van der Waals surface area contributed by atoms with Crippen molar-refractivity contribution < 1.29 is 4.74 Å². The van der Waals surface area contributed by atoms with Crippen LogP contribution < -0.4 is 9.64 Å². The summed E-state index contributed by atoms with van der Waals surface area (Å²) >= 11 is 0. The molecular weight excluding hydrogens is 266 g/mol. The van der Waals surface area contributed by atoms with Crippen LogP contribution in [0, 0.1) is 5.92 Å². The van der Waals surface area contributed by atoms with Crippen LogP contribution in [0.4, 0.5) is 5.95 Å². The molecule has 0 bridgehead atoms. The Kier molecular flexibility index (Phi) is 4.33. The third kappa shape index (κ3) is 3.51. The standard InChI is InChI=1S/C15H21N5O/c1-2-21-14-3-6-17-15(18-14)20-8-4-13(5-9-20)11-19-10-7-16-12-19/h3,6-7,10,12-13H,2,4-5,8-9,11H2,1H3. The van der Waals surface area contributed by atoms with E-state index in [9.17, 15) is 0 Å². The van der Waals surface area contributed by atoms with Crippen LogP contribution >= 0.6 is 0 Å². The number of ether oxygens (including phenoxy) is 1. The molecule has 3 rings (SSSR count). The molecule has 0 aromatic carbocycles. The minimum Gasteiger partial charge on any atom is -0.478 e. The highest BCUT2D eigenvalue weighted by Gasteiger charge is 2.21. The minimum atomic E-state index is 0.628. The molecule has 0 amide bonds. The monoisotopic (exact) mass is 287 g/mol. The Morgan fingerprint density at radius 1 is 1.29 bits per heavy atom. The zero-order valence-electron chi connectivity index (χ0n) is 12.4. The first kappa shape index (κ1) is 13.9. The van der Waals surface area contributed by atoms with Crippen molar-refractivity contribution in [2.24, 2.45) is 5.92 Å². The predicted octanol–water partition coefficient (Wildman–Crippen LogP) is 1.99. The van der Waals surface area contributed by atoms with Crippen molar-refractivity contribution in [2.75, 3.05) is 24.6 Å². The van der Waals surface area contributed by atoms with Gasteiger partial charge in [-0.05, 0) is 25.7 Å². The Labute approximate surface area is 124 Å². The fraction of sp³-hybridized carbons (Fsp3) is 0.533. The average Bonchev–Trinajstić information content (AvgIpc) is 3.02. The van der Waals surface area contributed by atoms with Crippen LogP contribution in [-0.2, 0) is 6.54 Å². The maximum atomic E-state index is 5.44. The van der Waals surface area contributed by atoms with Gasteiger partial charge >= 0.3 is 0 Å². The summed E-state index contributed by atoms with van der Waals surface area (Å²) in [5.41, 5.74) is 0. The van der Waals surface area contributed by atoms with Crippen molar-refractivity contribution in [2.45, 2.75) is 26.3 Å². The molecule has 1 aliphatic heterocycles. The molecule has 1 saturated heterocycles. The van der Waals surface area contributed by atoms with E-state index in [1.807, 2.05) is 25.6 Å². The lowest BCUT2D eigenvalue weighted by atomic mass is 9.97. The van der Waals surface area contributed by atoms with E-state index in [-0.39, 0.29) is 0 Å². The summed E-state index contributed by atoms with van der Waals surface area (Å²) in [7, 11) is 0. The highest BCUT2D eigenvalue weighted by Crippen LogP contribution is 2.22. The van der Waals surface area contributed by atoms with E-state index in [0.717, 1.165) is 38.4 Å². The Hall–Kier alpha value is -2.11. The van der Waals surface area contributed by atoms with E-state index in [2.05, 4.69) is 24.4 Å². The molecule has 0 unspecified atom stereocenters. The maximum Gasteiger partial charge on any atom is 0.228 e. The maximum absolute atomic E-state index is 5.44. The molecular formula is C15H21N5O. The van der Waals surface area contributed by atoms with Gasteiger partial charge in [0.05, 0.1) is 12.9 Å². The van der Waals surface area contributed by atoms with Gasteiger partial charge in [-0.25, -0.2) is 9.97 Å². The number of imidazole rings is 1. The van der Waals surface area contributed by atoms with Gasteiger partial charge in [-0.15, -0.1) is 0 Å². The van der Waals surface area contributed by atoms with Gasteiger partial charge in [0.2, 0.25) is 11.8 Å². The van der Waals surface area contributed by atoms with Gasteiger partial charge in [-0.1, -0.05) is 0 Å². The summed E-state index contributed by atoms with van der Waals surface area (Å²) in [6, 6.07) is 1.80. The molecule has 6 nitrogen and oxygen atoms in total. The summed E-state index contributed by atoms with van der Waals surface area (Å²) in [6.45, 7) is 5.63. The van der Waals surface area contributed by atoms with Gasteiger partial charge in [0.1, 0.15) is 0 Å². The Balaban J connectivity index is 1.56. The predicted molar refractivity (Wildman–Crippen MR) is 80.4 cm³/mol. The van der Waals surface area contributed by atoms with Crippen LogP contribution in [0.3, 0.4) is 0 Å². The second-order valence-corrected chi connectivity index (χ2v) is 5.32. The Bertz CT molecular complexity index is 549. The highest BCUT2D eigenvalue weighted by molar-refractivity contribution is 5.32. The lowest BCUT2D eigenvalue weighted by Crippen LogP contribution is -2.36. The van der Waals surface area contributed by atoms with Gasteiger partial charge in [-0.3, -0.25) is 0 Å². The van der Waals surface area contributed by atoms with E-state index in [4.69, 9.17) is 4.74 Å². The summed E-state index contributed by atoms with van der Waals surface area (Å²) in [5.74, 6) is 2.13. The minimum absolute atomic E-state index is 0.628. The molecule has 0 N–H and O–H groups in total. The number of hydrogen-bond donors (Lipinski definition) is 0. The van der Waals surface area contributed by atoms with Crippen molar-refractivity contribution in [1.82, 2.24) is 19.5 Å². The molecule has 0 spiro atoms. The van der Waals surface area contributed by atoms with E-state index in [1.54, 1.807) is 12.3 Å². The summed E-state index contributed by atoms with van der Waals surface area (Å²) in [4.78, 5) is 15.2. The number of aromatic nitrogens is 4. The first-order chi connectivity index (χ1) is 10.3. The van der Waals surface area contributed by atoms with Gasteiger partial charge in [0.25, 0.3) is 0 Å². The molecule has 0 saturated carbocycles. The molecule has 1 aliphatic rings. The van der Waals surface area contributed by atoms with Crippen molar-refractivity contribution in [3.05, 3.63) is 31.0 Å². The fourth-order valence-corrected chi connectivity index (χ4v) is 2.72. The summed E-state index contributed by atoms with van der Waals surface area (Å²) < 4.78 is 7.60. The molecule has 2 aromatic heterocycles. The molecule has 0 atom stereocenters. The molecule has 0 aliphatic carbocycles. The van der Waals surface area contributed by atoms with Gasteiger partial charge in [0.15, 0.2) is 0 Å². The third-order valence-electron chi connectivity index (χ3n) is 3.84. The number of hydrogen-bond acceptors (Lipinski definition) is 5. The number of rotatable bonds is 5. The normalized spacial score (nSPS) is 16.1. The van der Waals surface area contributed by atoms with E-state index >= 15 is 0 Å². The van der Waals surface area contributed by atoms with Crippen LogP contribution in [0.15, 0.2) is 31.0 Å². The number of piperidine rings is 1. The van der Waals surface area contributed by atoms with Crippen molar-refractivity contribution in [1.29, 1.82) is 0 Å². The second kappa shape index (κ2) is 6.56. The highest BCUT2D eigenvalue weighted by atomic mass is 16.5. The summed E-state index contributed by atoms with van der Waals surface area (Å²) in [5, 5.41) is 0. The zero-order chi connectivity index (χ0) is 14.5. The fourth-order valence-electron chi connectivity index (χ4n) is 2.72. The van der Waals surface area contributed by atoms with Crippen LogP contribution in [-0.4, -0.2) is 39.2 Å². The quantitative estimate of drug-likeness (QED) is 0.841. The number of nitrogens with zero attached hydrogens (tertiary/aromatic N) is 5. The SMILES string of the molecule is CCOc1ccnc(N2CCC(Cn3ccnc3)CC2)n1. The topological polar surface area (TPSA) is 56.1 Å². The lowest BCUT2D eigenvalue weighted by Gasteiger charge is -2.32. The zero-order valence-corrected chi connectivity index (χ0v) is 12.4. The third-order valence-corrected chi connectivity index (χ3v) is 3.84. The molecule has 3 heterocycles. The van der Waals surface area contributed by atoms with E-state index in [1.165, 1.54) is 0 Å². The van der Waals surface area contributed by atoms with E-state index in [0.29, 0.717) is 18.4 Å². The lowest BCUT2D eigenvalue weighted by molar-refractivity contribution is 0.324. The first-order valence-electron chi connectivity index (χ1n) is 7.51. The van der Waals surface area contributed by atoms with Crippen LogP contribution in [0.1, 0.15) is 19.8 Å². The van der Waals surface area contributed by atoms with Gasteiger partial charge in [-0.2, -0.15) is 4.98 Å². The Morgan fingerprint density at radius 3 is 2.86 bits per heavy atom. The smallest absolute Gasteiger partial charge is 0.228 e. The van der Waals surface area contributed by atoms with Gasteiger partial charge < -0.3 is 14.2 Å². The molecule has 2 aromatic rings. The summed E-state index contributed by atoms with van der Waals surface area (Å²) in [6.07, 6.45) is 9.83. The molecule has 1 fully saturated rings. The van der Waals surface area contributed by atoms with Gasteiger partial charge in [0, 0.05) is 44.3 Å². The molecule has 21 heavy (non-hydrogen) atoms. The van der Waals surface area contributed by atoms with Crippen molar-refractivity contribution >= 4 is 5.95 Å². The van der Waals surface area contributed by atoms with Crippen LogP contribution in [0.5, 0.6) is 5.88 Å². The van der Waals surface area contributed by atoms with E-state index < -0.39 is 0 Å². The van der Waals surface area contributed by atoms with Crippen LogP contribution in [0.25, 0.3) is 0 Å². The largest absolute Gasteiger partial charge is 0.478 e. The van der Waals surface area contributed by atoms with Crippen molar-refractivity contribution in [3.8, 4) is 5.88 Å². The Morgan fingerprint density at radius 2 is 2.14 bits per heavy atom. The molecule has 0 radical (unpaired) electrons. The number of anilines is 1. The molecule has 6 heteroatoms. The van der Waals surface area contributed by atoms with Crippen LogP contribution in [0.2, 0.25) is 0 Å². The molecule has 112 valence electrons. The second-order valence-electron chi connectivity index (χ2n) is 5.32. The first-order valence-corrected chi connectivity index (χ1v) is 7.51. The average molecular weight is 287 g/mol.